The average molecular weight is 1370 g/mol. The molecule has 0 amide bonds. The van der Waals surface area contributed by atoms with Gasteiger partial charge in [0, 0.05) is 60.2 Å². The van der Waals surface area contributed by atoms with Gasteiger partial charge in [-0.05, 0) is 86.6 Å². The zero-order valence-electron chi connectivity index (χ0n) is 49.3. The minimum Gasteiger partial charge on any atom is -0.477 e. The summed E-state index contributed by atoms with van der Waals surface area (Å²) in [5.74, 6) is 2.85. The predicted molar refractivity (Wildman–Crippen MR) is 346 cm³/mol. The molecule has 2 aliphatic heterocycles. The maximum Gasteiger partial charge on any atom is 0.329 e. The van der Waals surface area contributed by atoms with E-state index in [1.807, 2.05) is 74.6 Å². The number of imidazole rings is 2. The second-order valence-electron chi connectivity index (χ2n) is 23.4. The zero-order chi connectivity index (χ0) is 59.0. The first-order valence-electron chi connectivity index (χ1n) is 30.8. The molecule has 0 bridgehead atoms. The van der Waals surface area contributed by atoms with E-state index in [-0.39, 0.29) is 36.6 Å². The summed E-state index contributed by atoms with van der Waals surface area (Å²) >= 11 is 5.00. The molecule has 18 nitrogen and oxygen atoms in total. The van der Waals surface area contributed by atoms with Gasteiger partial charge in [-0.15, -0.1) is 11.3 Å². The minimum atomic E-state index is -2.08. The van der Waals surface area contributed by atoms with E-state index in [1.54, 1.807) is 61.5 Å². The number of thiazole rings is 2. The van der Waals surface area contributed by atoms with Crippen LogP contribution in [0.15, 0.2) is 111 Å². The Kier molecular flexibility index (Phi) is 19.6. The van der Waals surface area contributed by atoms with Crippen molar-refractivity contribution in [3.8, 4) is 22.2 Å². The van der Waals surface area contributed by atoms with E-state index in [2.05, 4.69) is 74.4 Å². The third-order valence-corrected chi connectivity index (χ3v) is 37.4. The Hall–Kier alpha value is -5.98. The van der Waals surface area contributed by atoms with Gasteiger partial charge < -0.3 is 18.9 Å². The first kappa shape index (κ1) is 60.3. The van der Waals surface area contributed by atoms with Gasteiger partial charge in [0.2, 0.25) is 11.8 Å². The molecular weight excluding hydrogens is 1300 g/mol. The molecule has 10 heterocycles. The van der Waals surface area contributed by atoms with Gasteiger partial charge in [-0.3, -0.25) is 33.2 Å². The summed E-state index contributed by atoms with van der Waals surface area (Å²) in [7, 11) is 0. The van der Waals surface area contributed by atoms with Crippen LogP contribution in [0.25, 0.3) is 54.3 Å². The van der Waals surface area contributed by atoms with E-state index < -0.39 is 18.4 Å². The van der Waals surface area contributed by atoms with Crippen LogP contribution in [0.5, 0.6) is 11.8 Å². The smallest absolute Gasteiger partial charge is 0.329 e. The normalized spacial score (nSPS) is 16.9. The summed E-state index contributed by atoms with van der Waals surface area (Å²) in [5, 5.41) is 1.69. The number of nitrogens with zero attached hydrogens (tertiary/aromatic N) is 12. The fraction of sp³-hybridized carbons (Fsp3) is 0.469. The SMILES string of the molecule is CCC[CH2][Sn]([CH2]CCC)([CH2]CCC)[c]1cncs1.O=c1n(Cc2nc(OCC3CCOC3)c3cc(-c4cncs4)ccc3n2)c2cnccc2n1C1CC1.O=c1n(Cc2nc(OCC3CCOC3)c3cc(Br)ccc3n2)c2cnccc2n1C1CC1. The van der Waals surface area contributed by atoms with Crippen molar-refractivity contribution in [2.45, 2.75) is 136 Å². The van der Waals surface area contributed by atoms with E-state index in [9.17, 15) is 9.59 Å². The summed E-state index contributed by atoms with van der Waals surface area (Å²) in [4.78, 5) is 64.0. The number of ether oxygens (including phenoxy) is 4. The van der Waals surface area contributed by atoms with Gasteiger partial charge >= 0.3 is 133 Å². The Morgan fingerprint density at radius 1 is 0.581 bits per heavy atom. The topological polar surface area (TPSA) is 194 Å². The number of halogens is 1. The number of hydrogen-bond acceptors (Lipinski definition) is 16. The monoisotopic (exact) mass is 1370 g/mol. The van der Waals surface area contributed by atoms with E-state index >= 15 is 0 Å². The van der Waals surface area contributed by atoms with Gasteiger partial charge in [0.15, 0.2) is 11.6 Å². The van der Waals surface area contributed by atoms with Crippen LogP contribution in [-0.4, -0.2) is 116 Å². The van der Waals surface area contributed by atoms with Crippen LogP contribution < -0.4 is 23.7 Å². The van der Waals surface area contributed by atoms with Gasteiger partial charge in [0.25, 0.3) is 0 Å². The van der Waals surface area contributed by atoms with Crippen LogP contribution in [0.2, 0.25) is 13.3 Å². The molecule has 0 radical (unpaired) electrons. The Labute approximate surface area is 520 Å². The molecule has 4 fully saturated rings. The summed E-state index contributed by atoms with van der Waals surface area (Å²) in [5.41, 5.74) is 9.82. The molecule has 22 heteroatoms. The third-order valence-electron chi connectivity index (χ3n) is 17.0. The average Bonchev–Trinajstić information content (AvgIpc) is 4.15. The maximum atomic E-state index is 13.4. The number of benzene rings is 2. The van der Waals surface area contributed by atoms with Crippen molar-refractivity contribution < 1.29 is 18.9 Å². The van der Waals surface area contributed by atoms with Crippen LogP contribution >= 0.6 is 38.6 Å². The molecule has 2 saturated carbocycles. The summed E-state index contributed by atoms with van der Waals surface area (Å²) < 4.78 is 38.0. The molecular formula is C64H75BrN12O6S2Sn. The number of rotatable bonds is 23. The number of hydrogen-bond donors (Lipinski definition) is 0. The van der Waals surface area contributed by atoms with Crippen LogP contribution in [0.1, 0.15) is 122 Å². The van der Waals surface area contributed by atoms with E-state index in [0.717, 1.165) is 111 Å². The maximum absolute atomic E-state index is 13.4. The first-order chi connectivity index (χ1) is 42.2. The van der Waals surface area contributed by atoms with Crippen molar-refractivity contribution in [2.75, 3.05) is 39.6 Å². The number of pyridine rings is 2. The number of fused-ring (bicyclic) bond motifs is 4. The largest absolute Gasteiger partial charge is 0.477 e. The summed E-state index contributed by atoms with van der Waals surface area (Å²) in [6.45, 7) is 11.5. The van der Waals surface area contributed by atoms with Crippen LogP contribution in [0.3, 0.4) is 0 Å². The second kappa shape index (κ2) is 28.0. The van der Waals surface area contributed by atoms with Gasteiger partial charge in [-0.1, -0.05) is 22.0 Å². The standard InChI is InChI=1S/C26H24N6O3S.C23H22BrN5O3.3C4H9.C3H2NS.Sn/c33-26-31(22-10-27-7-5-21(22)32(26)18-2-3-18)12-24-29-20-4-1-17(23-11-28-15-36-23)9-19(20)25(30-24)35-14-16-6-8-34-13-16;24-15-1-4-18-17(9-15)22(32-13-14-6-8-31-12-14)27-21(26-18)11-28-20-10-25-7-5-19(20)29(23(28)30)16-2-3-16;3*1-3-4-2;1-2-5-3-4-1;/h1,4-5,7,9-11,15-16,18H,2-3,6,8,12-14H2;1,4-5,7,9-10,14,16H,2-3,6,8,11-13H2;3*1,3-4H2,2H3;1,3H;. The van der Waals surface area contributed by atoms with Crippen molar-refractivity contribution in [3.05, 3.63) is 134 Å². The van der Waals surface area contributed by atoms with Crippen molar-refractivity contribution in [1.82, 2.24) is 58.1 Å². The summed E-state index contributed by atoms with van der Waals surface area (Å²) in [6, 6.07) is 16.3. The third kappa shape index (κ3) is 13.8. The molecule has 450 valence electrons. The number of aromatic nitrogens is 12. The van der Waals surface area contributed by atoms with Crippen molar-refractivity contribution >= 4 is 104 Å². The van der Waals surface area contributed by atoms with Gasteiger partial charge in [0.1, 0.15) is 0 Å². The van der Waals surface area contributed by atoms with Gasteiger partial charge in [-0.2, -0.15) is 9.97 Å². The van der Waals surface area contributed by atoms with E-state index in [0.29, 0.717) is 61.7 Å². The predicted octanol–water partition coefficient (Wildman–Crippen LogP) is 13.0. The van der Waals surface area contributed by atoms with Crippen molar-refractivity contribution in [3.63, 3.8) is 0 Å². The first-order valence-corrected chi connectivity index (χ1v) is 40.8. The molecule has 0 spiro atoms. The molecule has 14 rings (SSSR count). The number of unbranched alkanes of at least 4 members (excludes halogenated alkanes) is 3. The Balaban J connectivity index is 0.000000134. The molecule has 10 aromatic rings. The molecule has 86 heavy (non-hydrogen) atoms. The molecule has 4 aliphatic rings. The fourth-order valence-electron chi connectivity index (χ4n) is 11.9. The Morgan fingerprint density at radius 2 is 1.09 bits per heavy atom. The molecule has 2 aliphatic carbocycles. The van der Waals surface area contributed by atoms with Crippen LogP contribution in [0, 0.1) is 11.8 Å². The second-order valence-corrected chi connectivity index (χ2v) is 40.2. The van der Waals surface area contributed by atoms with E-state index in [4.69, 9.17) is 38.9 Å². The van der Waals surface area contributed by atoms with Crippen molar-refractivity contribution in [2.24, 2.45) is 11.8 Å². The molecule has 2 atom stereocenters. The minimum absolute atomic E-state index is 0.0411. The van der Waals surface area contributed by atoms with Crippen LogP contribution in [0.4, 0.5) is 0 Å². The van der Waals surface area contributed by atoms with E-state index in [1.165, 1.54) is 38.5 Å². The van der Waals surface area contributed by atoms with Crippen molar-refractivity contribution in [1.29, 1.82) is 0 Å². The molecule has 8 aromatic heterocycles. The molecule has 2 unspecified atom stereocenters. The molecule has 2 aromatic carbocycles. The quantitative estimate of drug-likeness (QED) is 0.0549. The van der Waals surface area contributed by atoms with Gasteiger partial charge in [-0.25, -0.2) is 19.6 Å². The van der Waals surface area contributed by atoms with Crippen LogP contribution in [-0.2, 0) is 22.6 Å². The fourth-order valence-corrected chi connectivity index (χ4v) is 32.2. The molecule has 0 N–H and O–H groups in total. The zero-order valence-corrected chi connectivity index (χ0v) is 55.4. The molecule has 2 saturated heterocycles. The summed E-state index contributed by atoms with van der Waals surface area (Å²) in [6.07, 6.45) is 25.5. The van der Waals surface area contributed by atoms with Gasteiger partial charge in [0.05, 0.1) is 106 Å². The Bertz CT molecular complexity index is 4000. The Morgan fingerprint density at radius 3 is 1.56 bits per heavy atom.